The molecule has 0 bridgehead atoms. The van der Waals surface area contributed by atoms with Crippen LogP contribution in [0.1, 0.15) is 28.7 Å². The Morgan fingerprint density at radius 3 is 2.86 bits per heavy atom. The Labute approximate surface area is 138 Å². The summed E-state index contributed by atoms with van der Waals surface area (Å²) in [6.45, 7) is 5.13. The molecule has 0 amide bonds. The third-order valence-corrected chi connectivity index (χ3v) is 5.99. The highest BCUT2D eigenvalue weighted by atomic mass is 32.1. The summed E-state index contributed by atoms with van der Waals surface area (Å²) in [7, 11) is 1.70. The van der Waals surface area contributed by atoms with Gasteiger partial charge in [-0.1, -0.05) is 13.3 Å². The maximum absolute atomic E-state index is 5.23. The third kappa shape index (κ3) is 2.94. The molecule has 0 spiro atoms. The molecule has 0 radical (unpaired) electrons. The van der Waals surface area contributed by atoms with Crippen LogP contribution >= 0.6 is 22.7 Å². The molecule has 116 valence electrons. The molecule has 1 N–H and O–H groups in total. The van der Waals surface area contributed by atoms with Crippen molar-refractivity contribution in [3.05, 3.63) is 33.6 Å². The Bertz CT molecular complexity index is 779. The number of nitrogens with zero attached hydrogens (tertiary/aromatic N) is 2. The summed E-state index contributed by atoms with van der Waals surface area (Å²) in [5.74, 6) is 0. The second kappa shape index (κ2) is 6.62. The summed E-state index contributed by atoms with van der Waals surface area (Å²) in [6.07, 6.45) is 4.08. The van der Waals surface area contributed by atoms with Gasteiger partial charge >= 0.3 is 0 Å². The first-order valence-corrected chi connectivity index (χ1v) is 8.96. The van der Waals surface area contributed by atoms with Gasteiger partial charge in [0.05, 0.1) is 23.7 Å². The minimum atomic E-state index is 0.773. The van der Waals surface area contributed by atoms with Gasteiger partial charge in [-0.2, -0.15) is 5.10 Å². The standard InChI is InChI=1S/C16H19N3OS2/c1-4-5-13-10(2)15-16(22-13)12(9-18-19-15)17-8-11-6-7-14(20-3)21-11/h6-7,9H,4-5,8H2,1-3H3,(H,17,19). The number of rotatable bonds is 6. The molecule has 22 heavy (non-hydrogen) atoms. The topological polar surface area (TPSA) is 47.0 Å². The van der Waals surface area contributed by atoms with E-state index in [2.05, 4.69) is 35.4 Å². The number of hydrogen-bond acceptors (Lipinski definition) is 6. The van der Waals surface area contributed by atoms with Crippen molar-refractivity contribution in [1.82, 2.24) is 10.2 Å². The van der Waals surface area contributed by atoms with Gasteiger partial charge in [0, 0.05) is 16.3 Å². The van der Waals surface area contributed by atoms with Crippen LogP contribution in [0, 0.1) is 6.92 Å². The Hall–Kier alpha value is -1.66. The number of nitrogens with one attached hydrogen (secondary N) is 1. The van der Waals surface area contributed by atoms with E-state index in [1.807, 2.05) is 23.6 Å². The van der Waals surface area contributed by atoms with Crippen LogP contribution < -0.4 is 10.1 Å². The quantitative estimate of drug-likeness (QED) is 0.714. The zero-order chi connectivity index (χ0) is 15.5. The predicted octanol–water partition coefficient (Wildman–Crippen LogP) is 4.63. The molecule has 3 aromatic heterocycles. The van der Waals surface area contributed by atoms with Gasteiger partial charge in [0.15, 0.2) is 5.06 Å². The summed E-state index contributed by atoms with van der Waals surface area (Å²) in [5.41, 5.74) is 3.37. The van der Waals surface area contributed by atoms with Gasteiger partial charge in [0.1, 0.15) is 5.52 Å². The fourth-order valence-electron chi connectivity index (χ4n) is 2.39. The minimum Gasteiger partial charge on any atom is -0.487 e. The van der Waals surface area contributed by atoms with E-state index in [4.69, 9.17) is 4.74 Å². The zero-order valence-electron chi connectivity index (χ0n) is 13.0. The lowest BCUT2D eigenvalue weighted by molar-refractivity contribution is 0.427. The van der Waals surface area contributed by atoms with Gasteiger partial charge in [-0.25, -0.2) is 0 Å². The third-order valence-electron chi connectivity index (χ3n) is 3.57. The normalized spacial score (nSPS) is 11.0. The van der Waals surface area contributed by atoms with Gasteiger partial charge in [-0.3, -0.25) is 0 Å². The maximum atomic E-state index is 5.23. The van der Waals surface area contributed by atoms with E-state index in [1.165, 1.54) is 20.0 Å². The first kappa shape index (κ1) is 15.2. The second-order valence-corrected chi connectivity index (χ2v) is 7.35. The van der Waals surface area contributed by atoms with E-state index in [0.29, 0.717) is 0 Å². The zero-order valence-corrected chi connectivity index (χ0v) is 14.6. The fourth-order valence-corrected chi connectivity index (χ4v) is 4.48. The molecule has 3 rings (SSSR count). The van der Waals surface area contributed by atoms with E-state index in [9.17, 15) is 0 Å². The lowest BCUT2D eigenvalue weighted by atomic mass is 10.2. The van der Waals surface area contributed by atoms with Crippen LogP contribution in [0.2, 0.25) is 0 Å². The van der Waals surface area contributed by atoms with Gasteiger partial charge in [-0.05, 0) is 31.0 Å². The molecule has 3 heterocycles. The molecule has 0 saturated heterocycles. The van der Waals surface area contributed by atoms with Crippen molar-refractivity contribution < 1.29 is 4.74 Å². The molecule has 0 fully saturated rings. The largest absolute Gasteiger partial charge is 0.487 e. The number of methoxy groups -OCH3 is 1. The van der Waals surface area contributed by atoms with Gasteiger partial charge in [0.2, 0.25) is 0 Å². The second-order valence-electron chi connectivity index (χ2n) is 5.11. The highest BCUT2D eigenvalue weighted by Gasteiger charge is 2.13. The van der Waals surface area contributed by atoms with E-state index in [0.717, 1.165) is 35.7 Å². The van der Waals surface area contributed by atoms with E-state index >= 15 is 0 Å². The number of aryl methyl sites for hydroxylation is 2. The van der Waals surface area contributed by atoms with Crippen LogP contribution in [0.5, 0.6) is 5.06 Å². The number of hydrogen-bond donors (Lipinski definition) is 1. The van der Waals surface area contributed by atoms with E-state index < -0.39 is 0 Å². The van der Waals surface area contributed by atoms with Crippen molar-refractivity contribution >= 4 is 38.6 Å². The van der Waals surface area contributed by atoms with Crippen LogP contribution in [-0.4, -0.2) is 17.3 Å². The summed E-state index contributed by atoms with van der Waals surface area (Å²) < 4.78 is 6.44. The van der Waals surface area contributed by atoms with Crippen molar-refractivity contribution in [3.8, 4) is 5.06 Å². The first-order valence-electron chi connectivity index (χ1n) is 7.33. The van der Waals surface area contributed by atoms with Crippen molar-refractivity contribution in [2.24, 2.45) is 0 Å². The maximum Gasteiger partial charge on any atom is 0.173 e. The van der Waals surface area contributed by atoms with Gasteiger partial charge < -0.3 is 10.1 Å². The van der Waals surface area contributed by atoms with Crippen LogP contribution in [0.25, 0.3) is 10.2 Å². The molecule has 4 nitrogen and oxygen atoms in total. The number of thiophene rings is 2. The molecule has 0 aliphatic heterocycles. The molecule has 0 aliphatic rings. The van der Waals surface area contributed by atoms with Crippen molar-refractivity contribution in [2.45, 2.75) is 33.2 Å². The van der Waals surface area contributed by atoms with E-state index in [1.54, 1.807) is 18.4 Å². The molecule has 0 aromatic carbocycles. The fraction of sp³-hybridized carbons (Fsp3) is 0.375. The number of anilines is 1. The summed E-state index contributed by atoms with van der Waals surface area (Å²) in [6, 6.07) is 4.08. The SMILES string of the molecule is CCCc1sc2c(NCc3ccc(OC)s3)cnnc2c1C. The Morgan fingerprint density at radius 2 is 2.14 bits per heavy atom. The van der Waals surface area contributed by atoms with Crippen molar-refractivity contribution in [1.29, 1.82) is 0 Å². The number of aromatic nitrogens is 2. The summed E-state index contributed by atoms with van der Waals surface area (Å²) in [4.78, 5) is 2.66. The Morgan fingerprint density at radius 1 is 1.27 bits per heavy atom. The summed E-state index contributed by atoms with van der Waals surface area (Å²) in [5, 5.41) is 12.9. The van der Waals surface area contributed by atoms with Crippen LogP contribution in [-0.2, 0) is 13.0 Å². The molecular weight excluding hydrogens is 314 g/mol. The average Bonchev–Trinajstić information content (AvgIpc) is 3.12. The predicted molar refractivity (Wildman–Crippen MR) is 94.3 cm³/mol. The van der Waals surface area contributed by atoms with Crippen molar-refractivity contribution in [2.75, 3.05) is 12.4 Å². The van der Waals surface area contributed by atoms with Crippen LogP contribution in [0.4, 0.5) is 5.69 Å². The number of fused-ring (bicyclic) bond motifs is 1. The minimum absolute atomic E-state index is 0.773. The molecule has 0 unspecified atom stereocenters. The highest BCUT2D eigenvalue weighted by Crippen LogP contribution is 2.35. The molecular formula is C16H19N3OS2. The molecule has 3 aromatic rings. The van der Waals surface area contributed by atoms with E-state index in [-0.39, 0.29) is 0 Å². The average molecular weight is 333 g/mol. The first-order chi connectivity index (χ1) is 10.7. The molecule has 0 aliphatic carbocycles. The lowest BCUT2D eigenvalue weighted by Gasteiger charge is -2.04. The Kier molecular flexibility index (Phi) is 4.59. The number of ether oxygens (including phenoxy) is 1. The highest BCUT2D eigenvalue weighted by molar-refractivity contribution is 7.19. The molecule has 0 saturated carbocycles. The monoisotopic (exact) mass is 333 g/mol. The molecule has 6 heteroatoms. The smallest absolute Gasteiger partial charge is 0.173 e. The van der Waals surface area contributed by atoms with Crippen LogP contribution in [0.3, 0.4) is 0 Å². The van der Waals surface area contributed by atoms with Gasteiger partial charge in [0.25, 0.3) is 0 Å². The van der Waals surface area contributed by atoms with Crippen molar-refractivity contribution in [3.63, 3.8) is 0 Å². The summed E-state index contributed by atoms with van der Waals surface area (Å²) >= 11 is 3.49. The van der Waals surface area contributed by atoms with Crippen LogP contribution in [0.15, 0.2) is 18.3 Å². The molecule has 0 atom stereocenters. The lowest BCUT2D eigenvalue weighted by Crippen LogP contribution is -1.98. The Balaban J connectivity index is 1.85. The van der Waals surface area contributed by atoms with Gasteiger partial charge in [-0.15, -0.1) is 27.8 Å².